The van der Waals surface area contributed by atoms with Crippen molar-refractivity contribution < 1.29 is 47.0 Å². The summed E-state index contributed by atoms with van der Waals surface area (Å²) in [6.07, 6.45) is 8.00. The number of carbonyl (C=O) groups excluding carboxylic acids is 5. The number of anilines is 1. The predicted octanol–water partition coefficient (Wildman–Crippen LogP) is 8.57. The third-order valence-corrected chi connectivity index (χ3v) is 16.1. The molecule has 0 unspecified atom stereocenters. The lowest BCUT2D eigenvalue weighted by molar-refractivity contribution is -0.138. The van der Waals surface area contributed by atoms with Gasteiger partial charge in [-0.15, -0.1) is 0 Å². The minimum absolute atomic E-state index is 0.00972. The van der Waals surface area contributed by atoms with Gasteiger partial charge in [0.25, 0.3) is 5.91 Å². The maximum absolute atomic E-state index is 16.2. The first-order valence-electron chi connectivity index (χ1n) is 24.7. The number of carbonyl (C=O) groups is 5. The van der Waals surface area contributed by atoms with Gasteiger partial charge in [0.1, 0.15) is 17.3 Å². The maximum Gasteiger partial charge on any atom is 0.328 e. The van der Waals surface area contributed by atoms with E-state index < -0.39 is 35.1 Å². The molecule has 4 fully saturated rings. The van der Waals surface area contributed by atoms with E-state index in [1.54, 1.807) is 18.2 Å². The molecule has 71 heavy (non-hydrogen) atoms. The molecule has 0 bridgehead atoms. The van der Waals surface area contributed by atoms with Crippen LogP contribution in [-0.2, 0) is 15.2 Å². The van der Waals surface area contributed by atoms with Gasteiger partial charge in [-0.3, -0.25) is 29.4 Å². The van der Waals surface area contributed by atoms with E-state index in [9.17, 15) is 24.0 Å². The molecule has 2 atom stereocenters. The summed E-state index contributed by atoms with van der Waals surface area (Å²) in [5.74, 6) is -1.94. The average molecular weight is 996 g/mol. The van der Waals surface area contributed by atoms with Crippen LogP contribution in [0.3, 0.4) is 0 Å². The monoisotopic (exact) mass is 994 g/mol. The normalized spacial score (nSPS) is 23.0. The summed E-state index contributed by atoms with van der Waals surface area (Å²) >= 11 is 6.70. The molecule has 1 aliphatic carbocycles. The Balaban J connectivity index is 0.777. The van der Waals surface area contributed by atoms with Crippen LogP contribution >= 0.6 is 11.6 Å². The van der Waals surface area contributed by atoms with Crippen molar-refractivity contribution >= 4 is 46.9 Å². The van der Waals surface area contributed by atoms with Gasteiger partial charge in [0.2, 0.25) is 17.7 Å². The van der Waals surface area contributed by atoms with E-state index in [4.69, 9.17) is 31.5 Å². The number of nitrogens with zero attached hydrogens (tertiary/aromatic N) is 3. The molecule has 4 heterocycles. The number of piperidine rings is 2. The number of hydrogen-bond donors (Lipinski definition) is 3. The van der Waals surface area contributed by atoms with Gasteiger partial charge in [-0.2, -0.15) is 0 Å². The van der Waals surface area contributed by atoms with Crippen molar-refractivity contribution in [2.75, 3.05) is 58.4 Å². The zero-order valence-electron chi connectivity index (χ0n) is 40.4. The van der Waals surface area contributed by atoms with E-state index in [1.165, 1.54) is 37.3 Å². The first kappa shape index (κ1) is 49.7. The van der Waals surface area contributed by atoms with Gasteiger partial charge in [-0.25, -0.2) is 13.6 Å². The number of nitrogens with two attached hydrogens (primary N) is 1. The topological polar surface area (TPSA) is 173 Å². The van der Waals surface area contributed by atoms with Gasteiger partial charge in [0.05, 0.1) is 30.5 Å². The lowest BCUT2D eigenvalue weighted by atomic mass is 9.77. The summed E-state index contributed by atoms with van der Waals surface area (Å²) in [5.41, 5.74) is 6.42. The third-order valence-electron chi connectivity index (χ3n) is 15.7. The van der Waals surface area contributed by atoms with Gasteiger partial charge in [-0.05, 0) is 106 Å². The number of primary amides is 1. The Morgan fingerprint density at radius 3 is 2.11 bits per heavy atom. The van der Waals surface area contributed by atoms with Gasteiger partial charge in [-0.1, -0.05) is 48.9 Å². The number of halogens is 3. The van der Waals surface area contributed by atoms with Crippen LogP contribution in [0.15, 0.2) is 66.7 Å². The number of hydrogen-bond acceptors (Lipinski definition) is 9. The van der Waals surface area contributed by atoms with Crippen LogP contribution in [0.5, 0.6) is 17.2 Å². The number of nitrogens with one attached hydrogen (secondary N) is 2. The molecular weight excluding hydrogens is 934 g/mol. The molecule has 1 saturated carbocycles. The zero-order valence-corrected chi connectivity index (χ0v) is 41.1. The van der Waals surface area contributed by atoms with Crippen molar-refractivity contribution in [2.45, 2.75) is 88.7 Å². The molecule has 14 nitrogen and oxygen atoms in total. The first-order valence-corrected chi connectivity index (χ1v) is 25.1. The number of rotatable bonds is 13. The van der Waals surface area contributed by atoms with Gasteiger partial charge < -0.3 is 35.1 Å². The van der Waals surface area contributed by atoms with E-state index in [0.29, 0.717) is 54.0 Å². The fourth-order valence-electron chi connectivity index (χ4n) is 11.7. The minimum Gasteiger partial charge on any atom is -0.495 e. The van der Waals surface area contributed by atoms with Gasteiger partial charge in [0, 0.05) is 91.9 Å². The Kier molecular flexibility index (Phi) is 14.6. The summed E-state index contributed by atoms with van der Waals surface area (Å²) in [6, 6.07) is 18.1. The van der Waals surface area contributed by atoms with Gasteiger partial charge in [0.15, 0.2) is 17.2 Å². The fraction of sp³-hybridized carbons (Fsp3) is 0.463. The molecule has 376 valence electrons. The predicted molar refractivity (Wildman–Crippen MR) is 264 cm³/mol. The smallest absolute Gasteiger partial charge is 0.328 e. The second-order valence-electron chi connectivity index (χ2n) is 19.7. The number of amides is 6. The van der Waals surface area contributed by atoms with E-state index in [0.717, 1.165) is 76.4 Å². The molecule has 4 aromatic rings. The highest BCUT2D eigenvalue weighted by Gasteiger charge is 2.50. The number of imide groups is 1. The summed E-state index contributed by atoms with van der Waals surface area (Å²) < 4.78 is 49.6. The second-order valence-corrected chi connectivity index (χ2v) is 20.1. The summed E-state index contributed by atoms with van der Waals surface area (Å²) in [6.45, 7) is 5.22. The number of fused-ring (bicyclic) bond motifs is 1. The van der Waals surface area contributed by atoms with E-state index in [-0.39, 0.29) is 75.9 Å². The van der Waals surface area contributed by atoms with Crippen LogP contribution < -0.4 is 35.5 Å². The average Bonchev–Trinajstić information content (AvgIpc) is 3.66. The minimum atomic E-state index is -1.08. The molecule has 9 rings (SSSR count). The Bertz CT molecular complexity index is 2700. The third kappa shape index (κ3) is 9.76. The standard InChI is InChI=1S/C54H61ClF2N6O8/c1-31-45-43(29-39(56)48(55)47(45)46-38(50(58)65)14-16-42(70-3)49(46)57)71-54(31,36-7-5-4-6-8-36)30-59-37-12-9-34(10-13-37)51(66)61-22-17-32(18-23-61)27-33-19-24-62(25-20-33)52(67)35-11-15-41(69-2)40(28-35)63-26-21-44(64)60-53(63)68/h4-8,11,14-16,28-29,31-34,37,59H,9-10,12-13,17-27,30H2,1-3H3,(H2,58,65)(H,60,64,68)/t31-,34?,37?,54-/m0/s1. The molecule has 4 aliphatic heterocycles. The number of ether oxygens (including phenoxy) is 3. The number of urea groups is 1. The van der Waals surface area contributed by atoms with Crippen LogP contribution in [0.25, 0.3) is 11.1 Å². The molecule has 17 heteroatoms. The summed E-state index contributed by atoms with van der Waals surface area (Å²) in [5, 5.41) is 5.71. The Labute approximate surface area is 417 Å². The molecular formula is C54H61ClF2N6O8. The van der Waals surface area contributed by atoms with Crippen LogP contribution in [0.1, 0.15) is 109 Å². The first-order chi connectivity index (χ1) is 34.2. The van der Waals surface area contributed by atoms with Crippen LogP contribution in [0.2, 0.25) is 5.02 Å². The van der Waals surface area contributed by atoms with Gasteiger partial charge >= 0.3 is 6.03 Å². The van der Waals surface area contributed by atoms with E-state index in [2.05, 4.69) is 15.5 Å². The van der Waals surface area contributed by atoms with Crippen LogP contribution in [0, 0.1) is 29.4 Å². The molecule has 4 aromatic carbocycles. The Morgan fingerprint density at radius 2 is 1.48 bits per heavy atom. The fourth-order valence-corrected chi connectivity index (χ4v) is 12.0. The van der Waals surface area contributed by atoms with Crippen LogP contribution in [0.4, 0.5) is 19.3 Å². The Morgan fingerprint density at radius 1 is 0.831 bits per heavy atom. The highest BCUT2D eigenvalue weighted by molar-refractivity contribution is 6.34. The van der Waals surface area contributed by atoms with Crippen molar-refractivity contribution in [3.05, 3.63) is 106 Å². The van der Waals surface area contributed by atoms with Crippen molar-refractivity contribution in [2.24, 2.45) is 23.5 Å². The maximum atomic E-state index is 16.2. The van der Waals surface area contributed by atoms with Crippen molar-refractivity contribution in [3.8, 4) is 28.4 Å². The van der Waals surface area contributed by atoms with E-state index in [1.807, 2.05) is 42.2 Å². The summed E-state index contributed by atoms with van der Waals surface area (Å²) in [4.78, 5) is 70.0. The zero-order chi connectivity index (χ0) is 50.1. The lowest BCUT2D eigenvalue weighted by Crippen LogP contribution is -2.49. The number of benzene rings is 4. The highest BCUT2D eigenvalue weighted by atomic mass is 35.5. The van der Waals surface area contributed by atoms with E-state index >= 15 is 8.78 Å². The SMILES string of the molecule is COc1ccc(C(=O)N2CCC(CC3CCN(C(=O)C4CCC(NC[C@]5(c6ccccc6)Oc6cc(F)c(Cl)c(-c7c(C(N)=O)ccc(OC)c7F)c6[C@@H]5C)CC4)CC3)CC2)cc1N1CCC(=O)NC1=O. The van der Waals surface area contributed by atoms with Crippen molar-refractivity contribution in [3.63, 3.8) is 0 Å². The van der Waals surface area contributed by atoms with Crippen LogP contribution in [-0.4, -0.2) is 99.0 Å². The lowest BCUT2D eigenvalue weighted by Gasteiger charge is -2.39. The molecule has 0 spiro atoms. The molecule has 5 aliphatic rings. The molecule has 6 amide bonds. The van der Waals surface area contributed by atoms with Crippen molar-refractivity contribution in [1.82, 2.24) is 20.4 Å². The molecule has 3 saturated heterocycles. The number of methoxy groups -OCH3 is 2. The number of likely N-dealkylation sites (tertiary alicyclic amines) is 2. The largest absolute Gasteiger partial charge is 0.495 e. The Hall–Kier alpha value is -6.26. The summed E-state index contributed by atoms with van der Waals surface area (Å²) in [7, 11) is 2.80. The molecule has 0 radical (unpaired) electrons. The highest BCUT2D eigenvalue weighted by Crippen LogP contribution is 2.56. The quantitative estimate of drug-likeness (QED) is 0.119. The van der Waals surface area contributed by atoms with Crippen molar-refractivity contribution in [1.29, 1.82) is 0 Å². The molecule has 0 aromatic heterocycles. The molecule has 4 N–H and O–H groups in total. The second kappa shape index (κ2) is 20.8.